The predicted octanol–water partition coefficient (Wildman–Crippen LogP) is 3.85. The molecule has 1 unspecified atom stereocenters. The van der Waals surface area contributed by atoms with Crippen molar-refractivity contribution in [2.75, 3.05) is 13.7 Å². The first kappa shape index (κ1) is 17.6. The van der Waals surface area contributed by atoms with Gasteiger partial charge in [0.25, 0.3) is 5.91 Å². The van der Waals surface area contributed by atoms with Gasteiger partial charge in [-0.15, -0.1) is 0 Å². The first-order chi connectivity index (χ1) is 12.7. The fourth-order valence-electron chi connectivity index (χ4n) is 2.71. The number of halogens is 1. The minimum absolute atomic E-state index is 0.0587. The Labute approximate surface area is 151 Å². The molecule has 0 bridgehead atoms. The molecule has 3 aromatic rings. The summed E-state index contributed by atoms with van der Waals surface area (Å²) in [6.07, 6.45) is 1.69. The highest BCUT2D eigenvalue weighted by molar-refractivity contribution is 5.78. The van der Waals surface area contributed by atoms with E-state index in [-0.39, 0.29) is 24.3 Å². The molecule has 132 valence electrons. The van der Waals surface area contributed by atoms with Crippen molar-refractivity contribution in [3.63, 3.8) is 0 Å². The summed E-state index contributed by atoms with van der Waals surface area (Å²) in [5, 5.41) is 0. The second-order valence-corrected chi connectivity index (χ2v) is 5.79. The number of rotatable bonds is 6. The van der Waals surface area contributed by atoms with Crippen LogP contribution in [0.4, 0.5) is 4.39 Å². The van der Waals surface area contributed by atoms with Gasteiger partial charge < -0.3 is 9.64 Å². The number of pyridine rings is 1. The maximum absolute atomic E-state index is 13.7. The summed E-state index contributed by atoms with van der Waals surface area (Å²) in [6.45, 7) is -0.256. The van der Waals surface area contributed by atoms with Gasteiger partial charge in [0.05, 0.1) is 11.7 Å². The minimum atomic E-state index is -0.493. The molecule has 0 saturated carbocycles. The van der Waals surface area contributed by atoms with Crippen LogP contribution in [0.3, 0.4) is 0 Å². The molecule has 0 spiro atoms. The van der Waals surface area contributed by atoms with Crippen LogP contribution in [0.1, 0.15) is 17.3 Å². The van der Waals surface area contributed by atoms with Gasteiger partial charge in [-0.2, -0.15) is 0 Å². The second-order valence-electron chi connectivity index (χ2n) is 5.79. The number of likely N-dealkylation sites (N-methyl/N-ethyl adjacent to an activating group) is 1. The normalized spacial score (nSPS) is 11.6. The van der Waals surface area contributed by atoms with E-state index in [2.05, 4.69) is 4.98 Å². The Hall–Kier alpha value is -3.21. The van der Waals surface area contributed by atoms with E-state index in [4.69, 9.17) is 4.74 Å². The van der Waals surface area contributed by atoms with Crippen molar-refractivity contribution in [3.8, 4) is 5.75 Å². The third kappa shape index (κ3) is 4.06. The lowest BCUT2D eigenvalue weighted by Crippen LogP contribution is -2.35. The quantitative estimate of drug-likeness (QED) is 0.678. The zero-order valence-electron chi connectivity index (χ0n) is 14.4. The molecule has 1 atom stereocenters. The monoisotopic (exact) mass is 350 g/mol. The molecule has 0 N–H and O–H groups in total. The van der Waals surface area contributed by atoms with Crippen LogP contribution in [0.15, 0.2) is 79.0 Å². The summed E-state index contributed by atoms with van der Waals surface area (Å²) in [6, 6.07) is 20.9. The van der Waals surface area contributed by atoms with Crippen LogP contribution in [0.5, 0.6) is 5.75 Å². The Kier molecular flexibility index (Phi) is 5.59. The van der Waals surface area contributed by atoms with Gasteiger partial charge in [0.2, 0.25) is 0 Å². The van der Waals surface area contributed by atoms with Gasteiger partial charge in [0.15, 0.2) is 18.2 Å². The molecule has 2 aromatic carbocycles. The topological polar surface area (TPSA) is 42.4 Å². The van der Waals surface area contributed by atoms with Crippen LogP contribution in [-0.4, -0.2) is 29.4 Å². The van der Waals surface area contributed by atoms with Gasteiger partial charge in [0.1, 0.15) is 0 Å². The Balaban J connectivity index is 1.80. The number of carbonyl (C=O) groups excluding carboxylic acids is 1. The third-order valence-electron chi connectivity index (χ3n) is 4.05. The van der Waals surface area contributed by atoms with Crippen LogP contribution in [0.25, 0.3) is 0 Å². The zero-order valence-corrected chi connectivity index (χ0v) is 14.4. The van der Waals surface area contributed by atoms with Gasteiger partial charge in [-0.1, -0.05) is 48.5 Å². The Morgan fingerprint density at radius 2 is 1.73 bits per heavy atom. The molecule has 0 aliphatic rings. The lowest BCUT2D eigenvalue weighted by atomic mass is 10.0. The number of aromatic nitrogens is 1. The van der Waals surface area contributed by atoms with Crippen molar-refractivity contribution in [2.24, 2.45) is 0 Å². The number of nitrogens with zero attached hydrogens (tertiary/aromatic N) is 2. The van der Waals surface area contributed by atoms with E-state index in [1.165, 1.54) is 12.1 Å². The maximum Gasteiger partial charge on any atom is 0.261 e. The molecule has 1 aromatic heterocycles. The molecule has 1 heterocycles. The van der Waals surface area contributed by atoms with Gasteiger partial charge in [-0.25, -0.2) is 4.39 Å². The van der Waals surface area contributed by atoms with Crippen LogP contribution >= 0.6 is 0 Å². The number of benzene rings is 2. The number of carbonyl (C=O) groups is 1. The van der Waals surface area contributed by atoms with Crippen molar-refractivity contribution in [2.45, 2.75) is 6.04 Å². The molecule has 5 heteroatoms. The fraction of sp³-hybridized carbons (Fsp3) is 0.143. The van der Waals surface area contributed by atoms with Crippen molar-refractivity contribution in [1.82, 2.24) is 9.88 Å². The predicted molar refractivity (Wildman–Crippen MR) is 97.2 cm³/mol. The number of para-hydroxylation sites is 1. The average molecular weight is 350 g/mol. The molecule has 0 fully saturated rings. The van der Waals surface area contributed by atoms with Crippen molar-refractivity contribution >= 4 is 5.91 Å². The summed E-state index contributed by atoms with van der Waals surface area (Å²) >= 11 is 0. The molecule has 4 nitrogen and oxygen atoms in total. The van der Waals surface area contributed by atoms with E-state index in [1.807, 2.05) is 48.5 Å². The van der Waals surface area contributed by atoms with E-state index in [0.717, 1.165) is 11.3 Å². The number of hydrogen-bond donors (Lipinski definition) is 0. The van der Waals surface area contributed by atoms with Gasteiger partial charge in [-0.05, 0) is 29.8 Å². The Bertz CT molecular complexity index is 817. The van der Waals surface area contributed by atoms with Crippen LogP contribution in [-0.2, 0) is 4.79 Å². The van der Waals surface area contributed by atoms with Crippen LogP contribution < -0.4 is 4.74 Å². The highest BCUT2D eigenvalue weighted by atomic mass is 19.1. The molecular weight excluding hydrogens is 331 g/mol. The molecule has 26 heavy (non-hydrogen) atoms. The van der Waals surface area contributed by atoms with Crippen LogP contribution in [0.2, 0.25) is 0 Å². The van der Waals surface area contributed by atoms with Crippen molar-refractivity contribution in [1.29, 1.82) is 0 Å². The minimum Gasteiger partial charge on any atom is -0.481 e. The number of ether oxygens (including phenoxy) is 1. The summed E-state index contributed by atoms with van der Waals surface area (Å²) in [4.78, 5) is 18.6. The van der Waals surface area contributed by atoms with E-state index >= 15 is 0 Å². The standard InChI is InChI=1S/C21H19FN2O2/c1-24(20(25)15-26-19-13-6-5-11-17(19)22)21(16-9-3-2-4-10-16)18-12-7-8-14-23-18/h2-14,21H,15H2,1H3. The molecule has 0 aliphatic heterocycles. The zero-order chi connectivity index (χ0) is 18.4. The maximum atomic E-state index is 13.7. The van der Waals surface area contributed by atoms with E-state index in [9.17, 15) is 9.18 Å². The average Bonchev–Trinajstić information content (AvgIpc) is 2.69. The third-order valence-corrected chi connectivity index (χ3v) is 4.05. The van der Waals surface area contributed by atoms with Gasteiger partial charge >= 0.3 is 0 Å². The van der Waals surface area contributed by atoms with Crippen molar-refractivity contribution < 1.29 is 13.9 Å². The lowest BCUT2D eigenvalue weighted by Gasteiger charge is -2.28. The summed E-state index contributed by atoms with van der Waals surface area (Å²) < 4.78 is 19.0. The fourth-order valence-corrected chi connectivity index (χ4v) is 2.71. The van der Waals surface area contributed by atoms with Crippen molar-refractivity contribution in [3.05, 3.63) is 96.1 Å². The van der Waals surface area contributed by atoms with Crippen LogP contribution in [0, 0.1) is 5.82 Å². The Morgan fingerprint density at radius 3 is 2.42 bits per heavy atom. The lowest BCUT2D eigenvalue weighted by molar-refractivity contribution is -0.133. The molecule has 3 rings (SSSR count). The largest absolute Gasteiger partial charge is 0.481 e. The first-order valence-corrected chi connectivity index (χ1v) is 8.25. The first-order valence-electron chi connectivity index (χ1n) is 8.25. The molecule has 0 aliphatic carbocycles. The van der Waals surface area contributed by atoms with E-state index in [1.54, 1.807) is 30.3 Å². The summed E-state index contributed by atoms with van der Waals surface area (Å²) in [7, 11) is 1.69. The van der Waals surface area contributed by atoms with Gasteiger partial charge in [-0.3, -0.25) is 9.78 Å². The second kappa shape index (κ2) is 8.25. The number of hydrogen-bond acceptors (Lipinski definition) is 3. The highest BCUT2D eigenvalue weighted by Crippen LogP contribution is 2.26. The smallest absolute Gasteiger partial charge is 0.261 e. The van der Waals surface area contributed by atoms with E-state index < -0.39 is 5.82 Å². The van der Waals surface area contributed by atoms with Gasteiger partial charge in [0, 0.05) is 13.2 Å². The molecule has 0 saturated heterocycles. The highest BCUT2D eigenvalue weighted by Gasteiger charge is 2.24. The SMILES string of the molecule is CN(C(=O)COc1ccccc1F)C(c1ccccc1)c1ccccn1. The molecule has 1 amide bonds. The summed E-state index contributed by atoms with van der Waals surface area (Å²) in [5.41, 5.74) is 1.69. The van der Waals surface area contributed by atoms with E-state index in [0.29, 0.717) is 0 Å². The molecule has 0 radical (unpaired) electrons. The Morgan fingerprint density at radius 1 is 1.04 bits per heavy atom. The summed E-state index contributed by atoms with van der Waals surface area (Å²) in [5.74, 6) is -0.705. The molecular formula is C21H19FN2O2. The number of amides is 1.